The van der Waals surface area contributed by atoms with Crippen LogP contribution in [0.4, 0.5) is 0 Å². The molecule has 2 unspecified atom stereocenters. The van der Waals surface area contributed by atoms with Gasteiger partial charge in [0.25, 0.3) is 0 Å². The van der Waals surface area contributed by atoms with Crippen LogP contribution in [0, 0.1) is 5.92 Å². The van der Waals surface area contributed by atoms with E-state index in [4.69, 9.17) is 0 Å². The molecule has 0 radical (unpaired) electrons. The Balaban J connectivity index is 1.87. The summed E-state index contributed by atoms with van der Waals surface area (Å²) in [4.78, 5) is 0. The predicted octanol–water partition coefficient (Wildman–Crippen LogP) is 1.85. The summed E-state index contributed by atoms with van der Waals surface area (Å²) in [6.07, 6.45) is 9.68. The van der Waals surface area contributed by atoms with Crippen LogP contribution in [0.5, 0.6) is 0 Å². The summed E-state index contributed by atoms with van der Waals surface area (Å²) in [6.45, 7) is 3.13. The Bertz CT molecular complexity index is 218. The van der Waals surface area contributed by atoms with Crippen molar-refractivity contribution in [1.82, 2.24) is 5.32 Å². The third-order valence-corrected chi connectivity index (χ3v) is 3.54. The second-order valence-electron chi connectivity index (χ2n) is 5.05. The van der Waals surface area contributed by atoms with Gasteiger partial charge < -0.3 is 10.4 Å². The monoisotopic (exact) mass is 195 g/mol. The molecule has 2 rings (SSSR count). The summed E-state index contributed by atoms with van der Waals surface area (Å²) in [5.74, 6) is 0.699. The first-order valence-electron chi connectivity index (χ1n) is 5.79. The van der Waals surface area contributed by atoms with Crippen molar-refractivity contribution in [2.75, 3.05) is 6.54 Å². The number of rotatable bonds is 2. The summed E-state index contributed by atoms with van der Waals surface area (Å²) in [5.41, 5.74) is -0.388. The van der Waals surface area contributed by atoms with Crippen LogP contribution < -0.4 is 5.32 Å². The smallest absolute Gasteiger partial charge is 0.0677 e. The van der Waals surface area contributed by atoms with Crippen LogP contribution in [0.2, 0.25) is 0 Å². The SMILES string of the molecule is CC1CC(O)(CC2CC=CC2)CCN1. The van der Waals surface area contributed by atoms with Gasteiger partial charge in [-0.05, 0) is 51.5 Å². The third kappa shape index (κ3) is 2.37. The van der Waals surface area contributed by atoms with Gasteiger partial charge in [-0.3, -0.25) is 0 Å². The summed E-state index contributed by atoms with van der Waals surface area (Å²) in [5, 5.41) is 13.8. The molecule has 2 heteroatoms. The molecule has 2 aliphatic rings. The van der Waals surface area contributed by atoms with E-state index in [-0.39, 0.29) is 5.60 Å². The zero-order chi connectivity index (χ0) is 10.0. The van der Waals surface area contributed by atoms with E-state index in [1.165, 1.54) is 12.8 Å². The topological polar surface area (TPSA) is 32.3 Å². The number of allylic oxidation sites excluding steroid dienone is 2. The minimum absolute atomic E-state index is 0.388. The lowest BCUT2D eigenvalue weighted by molar-refractivity contribution is -0.0213. The van der Waals surface area contributed by atoms with E-state index in [1.807, 2.05) is 0 Å². The minimum Gasteiger partial charge on any atom is -0.390 e. The Morgan fingerprint density at radius 3 is 2.79 bits per heavy atom. The van der Waals surface area contributed by atoms with Gasteiger partial charge in [0.1, 0.15) is 0 Å². The Kier molecular flexibility index (Phi) is 2.93. The van der Waals surface area contributed by atoms with Gasteiger partial charge in [0, 0.05) is 6.04 Å². The first-order valence-corrected chi connectivity index (χ1v) is 5.79. The van der Waals surface area contributed by atoms with E-state index >= 15 is 0 Å². The molecule has 0 aromatic rings. The van der Waals surface area contributed by atoms with Crippen LogP contribution in [-0.2, 0) is 0 Å². The fourth-order valence-corrected chi connectivity index (χ4v) is 2.86. The molecule has 2 N–H and O–H groups in total. The van der Waals surface area contributed by atoms with Crippen molar-refractivity contribution in [2.45, 2.75) is 50.7 Å². The molecule has 0 aromatic heterocycles. The van der Waals surface area contributed by atoms with E-state index in [9.17, 15) is 5.11 Å². The van der Waals surface area contributed by atoms with Gasteiger partial charge in [-0.15, -0.1) is 0 Å². The third-order valence-electron chi connectivity index (χ3n) is 3.54. The largest absolute Gasteiger partial charge is 0.390 e. The van der Waals surface area contributed by atoms with Gasteiger partial charge in [0.2, 0.25) is 0 Å². The summed E-state index contributed by atoms with van der Waals surface area (Å²) in [6, 6.07) is 0.475. The summed E-state index contributed by atoms with van der Waals surface area (Å²) >= 11 is 0. The fraction of sp³-hybridized carbons (Fsp3) is 0.833. The molecule has 0 spiro atoms. The Labute approximate surface area is 86.4 Å². The molecule has 1 heterocycles. The normalized spacial score (nSPS) is 39.1. The molecule has 0 amide bonds. The van der Waals surface area contributed by atoms with Gasteiger partial charge in [-0.2, -0.15) is 0 Å². The number of aliphatic hydroxyl groups is 1. The van der Waals surface area contributed by atoms with Crippen molar-refractivity contribution in [3.05, 3.63) is 12.2 Å². The highest BCUT2D eigenvalue weighted by Crippen LogP contribution is 2.33. The Hall–Kier alpha value is -0.340. The minimum atomic E-state index is -0.388. The van der Waals surface area contributed by atoms with Crippen LogP contribution in [0.1, 0.15) is 39.0 Å². The van der Waals surface area contributed by atoms with Crippen molar-refractivity contribution < 1.29 is 5.11 Å². The van der Waals surface area contributed by atoms with Gasteiger partial charge >= 0.3 is 0 Å². The summed E-state index contributed by atoms with van der Waals surface area (Å²) in [7, 11) is 0. The van der Waals surface area contributed by atoms with Gasteiger partial charge in [-0.1, -0.05) is 12.2 Å². The summed E-state index contributed by atoms with van der Waals surface area (Å²) < 4.78 is 0. The van der Waals surface area contributed by atoms with Crippen molar-refractivity contribution in [2.24, 2.45) is 5.92 Å². The molecule has 80 valence electrons. The van der Waals surface area contributed by atoms with Crippen molar-refractivity contribution in [3.8, 4) is 0 Å². The van der Waals surface area contributed by atoms with Crippen LogP contribution in [0.3, 0.4) is 0 Å². The van der Waals surface area contributed by atoms with E-state index in [1.54, 1.807) is 0 Å². The van der Waals surface area contributed by atoms with Crippen molar-refractivity contribution in [3.63, 3.8) is 0 Å². The quantitative estimate of drug-likeness (QED) is 0.659. The maximum Gasteiger partial charge on any atom is 0.0677 e. The van der Waals surface area contributed by atoms with Crippen LogP contribution >= 0.6 is 0 Å². The lowest BCUT2D eigenvalue weighted by atomic mass is 9.80. The van der Waals surface area contributed by atoms with Crippen molar-refractivity contribution in [1.29, 1.82) is 0 Å². The molecule has 1 saturated heterocycles. The second kappa shape index (κ2) is 4.03. The van der Waals surface area contributed by atoms with E-state index < -0.39 is 0 Å². The maximum atomic E-state index is 10.4. The highest BCUT2D eigenvalue weighted by molar-refractivity contribution is 4.98. The first-order chi connectivity index (χ1) is 6.68. The average molecular weight is 195 g/mol. The highest BCUT2D eigenvalue weighted by atomic mass is 16.3. The Morgan fingerprint density at radius 2 is 2.14 bits per heavy atom. The molecule has 0 aromatic carbocycles. The van der Waals surface area contributed by atoms with E-state index in [2.05, 4.69) is 24.4 Å². The van der Waals surface area contributed by atoms with E-state index in [0.717, 1.165) is 25.8 Å². The molecular weight excluding hydrogens is 174 g/mol. The lowest BCUT2D eigenvalue weighted by Gasteiger charge is -2.38. The molecule has 14 heavy (non-hydrogen) atoms. The van der Waals surface area contributed by atoms with Crippen LogP contribution in [-0.4, -0.2) is 23.3 Å². The van der Waals surface area contributed by atoms with Crippen molar-refractivity contribution >= 4 is 0 Å². The number of nitrogens with one attached hydrogen (secondary N) is 1. The number of hydrogen-bond donors (Lipinski definition) is 2. The zero-order valence-corrected chi connectivity index (χ0v) is 9.00. The Morgan fingerprint density at radius 1 is 1.43 bits per heavy atom. The van der Waals surface area contributed by atoms with E-state index in [0.29, 0.717) is 12.0 Å². The van der Waals surface area contributed by atoms with Crippen LogP contribution in [0.15, 0.2) is 12.2 Å². The second-order valence-corrected chi connectivity index (χ2v) is 5.05. The number of piperidine rings is 1. The van der Waals surface area contributed by atoms with Gasteiger partial charge in [0.05, 0.1) is 5.60 Å². The molecule has 1 aliphatic heterocycles. The van der Waals surface area contributed by atoms with Gasteiger partial charge in [0.15, 0.2) is 0 Å². The number of hydrogen-bond acceptors (Lipinski definition) is 2. The highest BCUT2D eigenvalue weighted by Gasteiger charge is 2.34. The van der Waals surface area contributed by atoms with Crippen LogP contribution in [0.25, 0.3) is 0 Å². The zero-order valence-electron chi connectivity index (χ0n) is 9.00. The molecule has 2 atom stereocenters. The first kappa shape index (κ1) is 10.2. The maximum absolute atomic E-state index is 10.4. The average Bonchev–Trinajstić information content (AvgIpc) is 2.55. The fourth-order valence-electron chi connectivity index (χ4n) is 2.86. The predicted molar refractivity (Wildman–Crippen MR) is 58.1 cm³/mol. The lowest BCUT2D eigenvalue weighted by Crippen LogP contribution is -2.47. The molecule has 2 nitrogen and oxygen atoms in total. The molecule has 0 bridgehead atoms. The molecular formula is C12H21NO. The molecule has 1 aliphatic carbocycles. The standard InChI is InChI=1S/C12H21NO/c1-10-8-12(14,6-7-13-10)9-11-4-2-3-5-11/h2-3,10-11,13-14H,4-9H2,1H3. The molecule has 1 fully saturated rings. The molecule has 0 saturated carbocycles. The van der Waals surface area contributed by atoms with Gasteiger partial charge in [-0.25, -0.2) is 0 Å².